The first kappa shape index (κ1) is 15.9. The Bertz CT molecular complexity index is 774. The first-order chi connectivity index (χ1) is 11.8. The number of likely N-dealkylation sites (tertiary alicyclic amines) is 1. The third-order valence-electron chi connectivity index (χ3n) is 5.47. The van der Waals surface area contributed by atoms with Gasteiger partial charge in [0, 0.05) is 31.7 Å². The molecule has 2 aliphatic rings. The number of pyridine rings is 1. The standard InChI is InChI=1S/C20H27N3O/c24-20-18(15-21-9-13-22-10-2-1-3-11-22)14-17-7-4-6-16-8-5-12-23(20)19(16)17/h4,6-7,14,21H,1-3,5,8-13,15H2. The second-order valence-corrected chi connectivity index (χ2v) is 7.16. The Morgan fingerprint density at radius 1 is 1.04 bits per heavy atom. The molecule has 0 aliphatic carbocycles. The van der Waals surface area contributed by atoms with Crippen molar-refractivity contribution in [2.75, 3.05) is 26.2 Å². The average molecular weight is 325 g/mol. The second-order valence-electron chi connectivity index (χ2n) is 7.16. The number of aromatic nitrogens is 1. The molecule has 4 heteroatoms. The van der Waals surface area contributed by atoms with E-state index in [1.165, 1.54) is 43.3 Å². The summed E-state index contributed by atoms with van der Waals surface area (Å²) >= 11 is 0. The van der Waals surface area contributed by atoms with Crippen LogP contribution in [0.5, 0.6) is 0 Å². The number of hydrogen-bond acceptors (Lipinski definition) is 3. The zero-order valence-electron chi connectivity index (χ0n) is 14.4. The summed E-state index contributed by atoms with van der Waals surface area (Å²) in [5.74, 6) is 0. The summed E-state index contributed by atoms with van der Waals surface area (Å²) in [5.41, 5.74) is 3.58. The minimum Gasteiger partial charge on any atom is -0.311 e. The lowest BCUT2D eigenvalue weighted by molar-refractivity contribution is 0.229. The quantitative estimate of drug-likeness (QED) is 0.859. The molecule has 1 aromatic carbocycles. The summed E-state index contributed by atoms with van der Waals surface area (Å²) in [6.45, 7) is 6.03. The normalized spacial score (nSPS) is 18.2. The number of hydrogen-bond donors (Lipinski definition) is 1. The fourth-order valence-corrected chi connectivity index (χ4v) is 4.19. The molecule has 128 valence electrons. The minimum absolute atomic E-state index is 0.195. The highest BCUT2D eigenvalue weighted by Crippen LogP contribution is 2.23. The monoisotopic (exact) mass is 325 g/mol. The molecule has 1 aromatic heterocycles. The third kappa shape index (κ3) is 3.13. The predicted molar refractivity (Wildman–Crippen MR) is 98.5 cm³/mol. The van der Waals surface area contributed by atoms with Gasteiger partial charge in [-0.15, -0.1) is 0 Å². The highest BCUT2D eigenvalue weighted by molar-refractivity contribution is 5.83. The van der Waals surface area contributed by atoms with Crippen molar-refractivity contribution >= 4 is 10.9 Å². The Hall–Kier alpha value is -1.65. The fraction of sp³-hybridized carbons (Fsp3) is 0.550. The Morgan fingerprint density at radius 3 is 2.79 bits per heavy atom. The van der Waals surface area contributed by atoms with Crippen LogP contribution < -0.4 is 10.9 Å². The van der Waals surface area contributed by atoms with E-state index in [0.717, 1.165) is 43.6 Å². The van der Waals surface area contributed by atoms with Crippen LogP contribution in [0, 0.1) is 0 Å². The van der Waals surface area contributed by atoms with Crippen LogP contribution in [0.2, 0.25) is 0 Å². The van der Waals surface area contributed by atoms with Crippen LogP contribution in [-0.4, -0.2) is 35.6 Å². The molecule has 0 atom stereocenters. The van der Waals surface area contributed by atoms with Crippen molar-refractivity contribution in [3.05, 3.63) is 45.7 Å². The van der Waals surface area contributed by atoms with Gasteiger partial charge in [0.15, 0.2) is 0 Å². The average Bonchev–Trinajstić information content (AvgIpc) is 2.63. The van der Waals surface area contributed by atoms with Gasteiger partial charge in [0.25, 0.3) is 5.56 Å². The molecule has 1 saturated heterocycles. The predicted octanol–water partition coefficient (Wildman–Crippen LogP) is 2.52. The maximum Gasteiger partial charge on any atom is 0.255 e. The summed E-state index contributed by atoms with van der Waals surface area (Å²) in [4.78, 5) is 15.3. The van der Waals surface area contributed by atoms with E-state index >= 15 is 0 Å². The summed E-state index contributed by atoms with van der Waals surface area (Å²) in [6.07, 6.45) is 6.19. The van der Waals surface area contributed by atoms with Crippen molar-refractivity contribution in [2.45, 2.75) is 45.2 Å². The lowest BCUT2D eigenvalue weighted by Gasteiger charge is -2.26. The van der Waals surface area contributed by atoms with Gasteiger partial charge in [0.2, 0.25) is 0 Å². The first-order valence-corrected chi connectivity index (χ1v) is 9.40. The van der Waals surface area contributed by atoms with Gasteiger partial charge in [-0.25, -0.2) is 0 Å². The molecule has 1 N–H and O–H groups in total. The number of benzene rings is 1. The summed E-state index contributed by atoms with van der Waals surface area (Å²) < 4.78 is 2.00. The van der Waals surface area contributed by atoms with Gasteiger partial charge < -0.3 is 14.8 Å². The van der Waals surface area contributed by atoms with Crippen molar-refractivity contribution in [1.29, 1.82) is 0 Å². The molecule has 4 rings (SSSR count). The zero-order chi connectivity index (χ0) is 16.4. The molecule has 2 aliphatic heterocycles. The van der Waals surface area contributed by atoms with E-state index in [1.54, 1.807) is 0 Å². The molecule has 3 heterocycles. The van der Waals surface area contributed by atoms with E-state index in [-0.39, 0.29) is 5.56 Å². The molecular weight excluding hydrogens is 298 g/mol. The topological polar surface area (TPSA) is 37.3 Å². The summed E-state index contributed by atoms with van der Waals surface area (Å²) in [7, 11) is 0. The highest BCUT2D eigenvalue weighted by atomic mass is 16.1. The van der Waals surface area contributed by atoms with Gasteiger partial charge in [0.05, 0.1) is 5.52 Å². The van der Waals surface area contributed by atoms with E-state index in [1.807, 2.05) is 4.57 Å². The number of piperidine rings is 1. The molecule has 0 saturated carbocycles. The second kappa shape index (κ2) is 7.08. The zero-order valence-corrected chi connectivity index (χ0v) is 14.4. The molecule has 0 unspecified atom stereocenters. The molecule has 0 radical (unpaired) electrons. The Labute approximate surface area is 143 Å². The van der Waals surface area contributed by atoms with Crippen molar-refractivity contribution in [3.8, 4) is 0 Å². The molecule has 24 heavy (non-hydrogen) atoms. The Morgan fingerprint density at radius 2 is 1.92 bits per heavy atom. The first-order valence-electron chi connectivity index (χ1n) is 9.40. The van der Waals surface area contributed by atoms with Crippen LogP contribution in [0.4, 0.5) is 0 Å². The van der Waals surface area contributed by atoms with Gasteiger partial charge in [-0.1, -0.05) is 24.6 Å². The largest absolute Gasteiger partial charge is 0.311 e. The van der Waals surface area contributed by atoms with Crippen molar-refractivity contribution in [1.82, 2.24) is 14.8 Å². The Kier molecular flexibility index (Phi) is 4.67. The SMILES string of the molecule is O=c1c(CNCCN2CCCCC2)cc2cccc3c2n1CCC3. The maximum absolute atomic E-state index is 12.8. The molecule has 0 bridgehead atoms. The van der Waals surface area contributed by atoms with Crippen molar-refractivity contribution < 1.29 is 0 Å². The van der Waals surface area contributed by atoms with Crippen LogP contribution in [0.1, 0.15) is 36.8 Å². The Balaban J connectivity index is 1.46. The molecule has 1 fully saturated rings. The van der Waals surface area contributed by atoms with Crippen LogP contribution in [0.15, 0.2) is 29.1 Å². The molecule has 0 spiro atoms. The van der Waals surface area contributed by atoms with Crippen LogP contribution in [-0.2, 0) is 19.5 Å². The van der Waals surface area contributed by atoms with E-state index < -0.39 is 0 Å². The van der Waals surface area contributed by atoms with Gasteiger partial charge in [-0.05, 0) is 55.8 Å². The number of aryl methyl sites for hydroxylation is 2. The van der Waals surface area contributed by atoms with Gasteiger partial charge >= 0.3 is 0 Å². The van der Waals surface area contributed by atoms with E-state index in [9.17, 15) is 4.79 Å². The highest BCUT2D eigenvalue weighted by Gasteiger charge is 2.16. The van der Waals surface area contributed by atoms with Gasteiger partial charge in [-0.2, -0.15) is 0 Å². The molecule has 2 aromatic rings. The smallest absolute Gasteiger partial charge is 0.255 e. The maximum atomic E-state index is 12.8. The lowest BCUT2D eigenvalue weighted by Crippen LogP contribution is -2.36. The van der Waals surface area contributed by atoms with Crippen LogP contribution in [0.3, 0.4) is 0 Å². The van der Waals surface area contributed by atoms with Gasteiger partial charge in [0.1, 0.15) is 0 Å². The summed E-state index contributed by atoms with van der Waals surface area (Å²) in [5, 5.41) is 4.69. The summed E-state index contributed by atoms with van der Waals surface area (Å²) in [6, 6.07) is 8.51. The van der Waals surface area contributed by atoms with E-state index in [2.05, 4.69) is 34.5 Å². The number of nitrogens with one attached hydrogen (secondary N) is 1. The number of rotatable bonds is 5. The fourth-order valence-electron chi connectivity index (χ4n) is 4.19. The lowest BCUT2D eigenvalue weighted by atomic mass is 10.00. The van der Waals surface area contributed by atoms with Crippen LogP contribution in [0.25, 0.3) is 10.9 Å². The van der Waals surface area contributed by atoms with Crippen molar-refractivity contribution in [3.63, 3.8) is 0 Å². The van der Waals surface area contributed by atoms with Crippen molar-refractivity contribution in [2.24, 2.45) is 0 Å². The molecular formula is C20H27N3O. The van der Waals surface area contributed by atoms with Crippen LogP contribution >= 0.6 is 0 Å². The molecule has 0 amide bonds. The van der Waals surface area contributed by atoms with Gasteiger partial charge in [-0.3, -0.25) is 4.79 Å². The number of para-hydroxylation sites is 1. The van der Waals surface area contributed by atoms with E-state index in [0.29, 0.717) is 6.54 Å². The number of nitrogens with zero attached hydrogens (tertiary/aromatic N) is 2. The molecule has 4 nitrogen and oxygen atoms in total. The minimum atomic E-state index is 0.195. The third-order valence-corrected chi connectivity index (χ3v) is 5.47. The van der Waals surface area contributed by atoms with E-state index in [4.69, 9.17) is 0 Å².